The Hall–Kier alpha value is -1.82. The highest BCUT2D eigenvalue weighted by Crippen LogP contribution is 2.23. The van der Waals surface area contributed by atoms with Crippen molar-refractivity contribution in [3.63, 3.8) is 0 Å². The van der Waals surface area contributed by atoms with E-state index in [0.717, 1.165) is 32.0 Å². The number of carbonyl (C=O) groups excluding carboxylic acids is 2. The molecule has 2 amide bonds. The Morgan fingerprint density at radius 1 is 1.21 bits per heavy atom. The molecule has 0 spiro atoms. The summed E-state index contributed by atoms with van der Waals surface area (Å²) in [4.78, 5) is 30.1. The predicted molar refractivity (Wildman–Crippen MR) is 109 cm³/mol. The summed E-state index contributed by atoms with van der Waals surface area (Å²) in [6.45, 7) is 11.3. The largest absolute Gasteiger partial charge is 0.459 e. The summed E-state index contributed by atoms with van der Waals surface area (Å²) in [7, 11) is 0. The van der Waals surface area contributed by atoms with Crippen molar-refractivity contribution in [2.75, 3.05) is 32.7 Å². The maximum Gasteiger partial charge on any atom is 0.287 e. The number of amides is 2. The van der Waals surface area contributed by atoms with Gasteiger partial charge in [-0.2, -0.15) is 0 Å². The van der Waals surface area contributed by atoms with Gasteiger partial charge in [-0.05, 0) is 68.7 Å². The SMILES string of the molecule is CC1CCN(CC2CCCN(C(=O)C(NC(=O)c3ccco3)C(C)C)C2)CC1. The van der Waals surface area contributed by atoms with Crippen LogP contribution in [0, 0.1) is 17.8 Å². The molecule has 28 heavy (non-hydrogen) atoms. The number of likely N-dealkylation sites (tertiary alicyclic amines) is 2. The highest BCUT2D eigenvalue weighted by molar-refractivity contribution is 5.95. The second-order valence-corrected chi connectivity index (χ2v) is 8.95. The Morgan fingerprint density at radius 3 is 2.61 bits per heavy atom. The van der Waals surface area contributed by atoms with Crippen molar-refractivity contribution in [3.8, 4) is 0 Å². The Balaban J connectivity index is 1.56. The van der Waals surface area contributed by atoms with Crippen molar-refractivity contribution in [1.82, 2.24) is 15.1 Å². The standard InChI is InChI=1S/C22H35N3O3/c1-16(2)20(23-21(26)19-7-5-13-28-19)22(27)25-10-4-6-18(15-25)14-24-11-8-17(3)9-12-24/h5,7,13,16-18,20H,4,6,8-12,14-15H2,1-3H3,(H,23,26). The van der Waals surface area contributed by atoms with Crippen LogP contribution in [-0.4, -0.2) is 60.4 Å². The minimum Gasteiger partial charge on any atom is -0.459 e. The molecule has 0 bridgehead atoms. The van der Waals surface area contributed by atoms with E-state index in [0.29, 0.717) is 5.92 Å². The highest BCUT2D eigenvalue weighted by Gasteiger charge is 2.33. The monoisotopic (exact) mass is 389 g/mol. The lowest BCUT2D eigenvalue weighted by atomic mass is 9.93. The van der Waals surface area contributed by atoms with Crippen LogP contribution in [-0.2, 0) is 4.79 Å². The molecule has 0 radical (unpaired) electrons. The minimum absolute atomic E-state index is 0.0235. The van der Waals surface area contributed by atoms with Crippen molar-refractivity contribution < 1.29 is 14.0 Å². The molecule has 2 saturated heterocycles. The number of hydrogen-bond acceptors (Lipinski definition) is 4. The zero-order chi connectivity index (χ0) is 20.1. The third-order valence-corrected chi connectivity index (χ3v) is 6.19. The Bertz CT molecular complexity index is 635. The lowest BCUT2D eigenvalue weighted by Crippen LogP contribution is -2.54. The third-order valence-electron chi connectivity index (χ3n) is 6.19. The summed E-state index contributed by atoms with van der Waals surface area (Å²) in [6.07, 6.45) is 6.25. The van der Waals surface area contributed by atoms with Crippen LogP contribution in [0.15, 0.2) is 22.8 Å². The van der Waals surface area contributed by atoms with E-state index in [2.05, 4.69) is 17.1 Å². The molecule has 2 unspecified atom stereocenters. The van der Waals surface area contributed by atoms with Gasteiger partial charge in [0.25, 0.3) is 5.91 Å². The maximum atomic E-state index is 13.2. The molecule has 0 saturated carbocycles. The zero-order valence-corrected chi connectivity index (χ0v) is 17.5. The van der Waals surface area contributed by atoms with Gasteiger partial charge in [0.15, 0.2) is 5.76 Å². The molecule has 2 aliphatic heterocycles. The van der Waals surface area contributed by atoms with Crippen LogP contribution in [0.3, 0.4) is 0 Å². The van der Waals surface area contributed by atoms with Crippen LogP contribution >= 0.6 is 0 Å². The Kier molecular flexibility index (Phi) is 7.16. The number of hydrogen-bond donors (Lipinski definition) is 1. The molecule has 2 atom stereocenters. The fourth-order valence-electron chi connectivity index (χ4n) is 4.35. The highest BCUT2D eigenvalue weighted by atomic mass is 16.3. The summed E-state index contributed by atoms with van der Waals surface area (Å²) in [5.41, 5.74) is 0. The summed E-state index contributed by atoms with van der Waals surface area (Å²) in [6, 6.07) is 2.78. The van der Waals surface area contributed by atoms with Gasteiger partial charge in [-0.15, -0.1) is 0 Å². The van der Waals surface area contributed by atoms with Gasteiger partial charge in [0.1, 0.15) is 6.04 Å². The van der Waals surface area contributed by atoms with Gasteiger partial charge in [0.05, 0.1) is 6.26 Å². The lowest BCUT2D eigenvalue weighted by molar-refractivity contribution is -0.136. The minimum atomic E-state index is -0.521. The second-order valence-electron chi connectivity index (χ2n) is 8.95. The fraction of sp³-hybridized carbons (Fsp3) is 0.727. The molecule has 6 nitrogen and oxygen atoms in total. The van der Waals surface area contributed by atoms with Crippen LogP contribution in [0.1, 0.15) is 57.0 Å². The summed E-state index contributed by atoms with van der Waals surface area (Å²) < 4.78 is 5.17. The molecule has 1 N–H and O–H groups in total. The van der Waals surface area contributed by atoms with Crippen LogP contribution in [0.5, 0.6) is 0 Å². The number of nitrogens with one attached hydrogen (secondary N) is 1. The summed E-state index contributed by atoms with van der Waals surface area (Å²) in [5.74, 6) is 1.34. The van der Waals surface area contributed by atoms with Crippen molar-refractivity contribution in [2.24, 2.45) is 17.8 Å². The fourth-order valence-corrected chi connectivity index (χ4v) is 4.35. The van der Waals surface area contributed by atoms with E-state index in [1.807, 2.05) is 18.7 Å². The van der Waals surface area contributed by atoms with E-state index in [4.69, 9.17) is 4.42 Å². The Labute approximate surface area is 168 Å². The molecule has 6 heteroatoms. The predicted octanol–water partition coefficient (Wildman–Crippen LogP) is 3.00. The lowest BCUT2D eigenvalue weighted by Gasteiger charge is -2.39. The summed E-state index contributed by atoms with van der Waals surface area (Å²) in [5, 5.41) is 2.88. The van der Waals surface area contributed by atoms with Crippen molar-refractivity contribution in [3.05, 3.63) is 24.2 Å². The number of piperidine rings is 2. The van der Waals surface area contributed by atoms with Crippen molar-refractivity contribution in [2.45, 2.75) is 52.5 Å². The van der Waals surface area contributed by atoms with E-state index >= 15 is 0 Å². The normalized spacial score (nSPS) is 23.0. The van der Waals surface area contributed by atoms with E-state index in [-0.39, 0.29) is 23.5 Å². The Morgan fingerprint density at radius 2 is 1.96 bits per heavy atom. The molecule has 156 valence electrons. The van der Waals surface area contributed by atoms with Crippen LogP contribution in [0.25, 0.3) is 0 Å². The topological polar surface area (TPSA) is 65.8 Å². The molecular formula is C22H35N3O3. The molecule has 0 aromatic carbocycles. The first-order valence-electron chi connectivity index (χ1n) is 10.8. The average Bonchev–Trinajstić information content (AvgIpc) is 3.22. The molecule has 1 aromatic heterocycles. The quantitative estimate of drug-likeness (QED) is 0.812. The summed E-state index contributed by atoms with van der Waals surface area (Å²) >= 11 is 0. The van der Waals surface area contributed by atoms with Gasteiger partial charge in [-0.3, -0.25) is 9.59 Å². The van der Waals surface area contributed by atoms with Crippen molar-refractivity contribution >= 4 is 11.8 Å². The van der Waals surface area contributed by atoms with Crippen LogP contribution < -0.4 is 5.32 Å². The van der Waals surface area contributed by atoms with Crippen molar-refractivity contribution in [1.29, 1.82) is 0 Å². The average molecular weight is 390 g/mol. The zero-order valence-electron chi connectivity index (χ0n) is 17.5. The van der Waals surface area contributed by atoms with Gasteiger partial charge in [-0.25, -0.2) is 0 Å². The maximum absolute atomic E-state index is 13.2. The molecule has 3 heterocycles. The smallest absolute Gasteiger partial charge is 0.287 e. The van der Waals surface area contributed by atoms with Gasteiger partial charge in [0, 0.05) is 19.6 Å². The van der Waals surface area contributed by atoms with Crippen LogP contribution in [0.4, 0.5) is 0 Å². The first-order chi connectivity index (χ1) is 13.4. The van der Waals surface area contributed by atoms with Crippen LogP contribution in [0.2, 0.25) is 0 Å². The van der Waals surface area contributed by atoms with E-state index < -0.39 is 6.04 Å². The molecule has 0 aliphatic carbocycles. The number of nitrogens with zero attached hydrogens (tertiary/aromatic N) is 2. The van der Waals surface area contributed by atoms with Gasteiger partial charge >= 0.3 is 0 Å². The molecule has 3 rings (SSSR count). The molecule has 2 aliphatic rings. The van der Waals surface area contributed by atoms with E-state index in [9.17, 15) is 9.59 Å². The first-order valence-corrected chi connectivity index (χ1v) is 10.8. The number of furan rings is 1. The van der Waals surface area contributed by atoms with Gasteiger partial charge < -0.3 is 19.5 Å². The molecular weight excluding hydrogens is 354 g/mol. The van der Waals surface area contributed by atoms with E-state index in [1.165, 1.54) is 38.6 Å². The van der Waals surface area contributed by atoms with Gasteiger partial charge in [0.2, 0.25) is 5.91 Å². The van der Waals surface area contributed by atoms with Gasteiger partial charge in [-0.1, -0.05) is 20.8 Å². The number of rotatable bonds is 6. The molecule has 2 fully saturated rings. The second kappa shape index (κ2) is 9.59. The molecule has 1 aromatic rings. The first kappa shape index (κ1) is 20.9. The van der Waals surface area contributed by atoms with E-state index in [1.54, 1.807) is 12.1 Å². The number of carbonyl (C=O) groups is 2. The third kappa shape index (κ3) is 5.37.